The third kappa shape index (κ3) is 2.79. The van der Waals surface area contributed by atoms with Gasteiger partial charge in [0, 0.05) is 38.6 Å². The predicted molar refractivity (Wildman–Crippen MR) is 110 cm³/mol. The average Bonchev–Trinajstić information content (AvgIpc) is 3.16. The van der Waals surface area contributed by atoms with Gasteiger partial charge >= 0.3 is 0 Å². The second-order valence-corrected chi connectivity index (χ2v) is 8.60. The first-order chi connectivity index (χ1) is 13.7. The first-order valence-electron chi connectivity index (χ1n) is 10.7. The van der Waals surface area contributed by atoms with Crippen molar-refractivity contribution in [3.8, 4) is 5.75 Å². The maximum atomic E-state index is 5.83. The summed E-state index contributed by atoms with van der Waals surface area (Å²) in [6, 6.07) is 10.8. The third-order valence-corrected chi connectivity index (χ3v) is 7.07. The van der Waals surface area contributed by atoms with Crippen molar-refractivity contribution < 1.29 is 4.74 Å². The molecule has 3 aliphatic rings. The van der Waals surface area contributed by atoms with Crippen LogP contribution in [0.15, 0.2) is 42.7 Å². The lowest BCUT2D eigenvalue weighted by Crippen LogP contribution is -2.52. The van der Waals surface area contributed by atoms with Crippen molar-refractivity contribution in [1.29, 1.82) is 0 Å². The molecule has 2 heterocycles. The van der Waals surface area contributed by atoms with E-state index in [2.05, 4.69) is 57.9 Å². The lowest BCUT2D eigenvalue weighted by molar-refractivity contribution is 0.123. The van der Waals surface area contributed by atoms with Crippen LogP contribution < -0.4 is 9.64 Å². The van der Waals surface area contributed by atoms with Gasteiger partial charge < -0.3 is 9.64 Å². The maximum Gasteiger partial charge on any atom is 0.225 e. The van der Waals surface area contributed by atoms with Gasteiger partial charge in [0.05, 0.1) is 12.1 Å². The summed E-state index contributed by atoms with van der Waals surface area (Å²) < 4.78 is 5.83. The van der Waals surface area contributed by atoms with Crippen molar-refractivity contribution in [2.24, 2.45) is 17.8 Å². The molecule has 1 saturated heterocycles. The Morgan fingerprint density at radius 2 is 1.75 bits per heavy atom. The molecule has 2 unspecified atom stereocenters. The summed E-state index contributed by atoms with van der Waals surface area (Å²) in [6.07, 6.45) is 6.38. The van der Waals surface area contributed by atoms with Crippen LogP contribution in [0.25, 0.3) is 0 Å². The molecule has 0 N–H and O–H groups in total. The minimum atomic E-state index is 0.212. The second kappa shape index (κ2) is 7.03. The van der Waals surface area contributed by atoms with E-state index >= 15 is 0 Å². The molecule has 3 fully saturated rings. The van der Waals surface area contributed by atoms with Crippen LogP contribution in [0, 0.1) is 17.8 Å². The first-order valence-corrected chi connectivity index (χ1v) is 10.7. The van der Waals surface area contributed by atoms with Crippen molar-refractivity contribution in [2.45, 2.75) is 32.2 Å². The number of rotatable bonds is 5. The maximum absolute atomic E-state index is 5.83. The number of anilines is 1. The minimum absolute atomic E-state index is 0.212. The molecule has 2 aliphatic carbocycles. The number of ether oxygens (including phenoxy) is 1. The highest BCUT2D eigenvalue weighted by atomic mass is 16.5. The number of fused-ring (bicyclic) bond motifs is 1. The summed E-state index contributed by atoms with van der Waals surface area (Å²) in [6.45, 7) is 9.31. The van der Waals surface area contributed by atoms with Crippen molar-refractivity contribution >= 4 is 5.95 Å². The molecule has 1 aromatic carbocycles. The monoisotopic (exact) mass is 378 g/mol. The molecule has 2 saturated carbocycles. The fraction of sp³-hybridized carbons (Fsp3) is 0.565. The highest BCUT2D eigenvalue weighted by Gasteiger charge is 2.70. The number of piperazine rings is 1. The molecule has 5 heteroatoms. The van der Waals surface area contributed by atoms with E-state index in [-0.39, 0.29) is 5.54 Å². The smallest absolute Gasteiger partial charge is 0.225 e. The number of hydrogen-bond donors (Lipinski definition) is 0. The zero-order valence-electron chi connectivity index (χ0n) is 16.9. The molecular weight excluding hydrogens is 348 g/mol. The van der Waals surface area contributed by atoms with Crippen molar-refractivity contribution in [3.05, 3.63) is 48.3 Å². The van der Waals surface area contributed by atoms with Crippen LogP contribution in [0.4, 0.5) is 5.95 Å². The Morgan fingerprint density at radius 1 is 1.04 bits per heavy atom. The number of nitrogens with zero attached hydrogens (tertiary/aromatic N) is 4. The topological polar surface area (TPSA) is 41.5 Å². The molecule has 5 nitrogen and oxygen atoms in total. The molecular formula is C23H30N4O. The number of aromatic nitrogens is 2. The van der Waals surface area contributed by atoms with Gasteiger partial charge in [0.1, 0.15) is 5.75 Å². The zero-order valence-corrected chi connectivity index (χ0v) is 16.9. The predicted octanol–water partition coefficient (Wildman–Crippen LogP) is 3.57. The van der Waals surface area contributed by atoms with Gasteiger partial charge in [-0.15, -0.1) is 0 Å². The molecule has 5 rings (SSSR count). The van der Waals surface area contributed by atoms with Crippen molar-refractivity contribution in [3.63, 3.8) is 0 Å². The van der Waals surface area contributed by atoms with Crippen LogP contribution in [0.1, 0.15) is 32.3 Å². The first kappa shape index (κ1) is 17.9. The normalized spacial score (nSPS) is 32.2. The molecule has 0 radical (unpaired) electrons. The van der Waals surface area contributed by atoms with Gasteiger partial charge in [-0.25, -0.2) is 9.97 Å². The Bertz CT molecular complexity index is 806. The fourth-order valence-corrected chi connectivity index (χ4v) is 5.99. The number of hydrogen-bond acceptors (Lipinski definition) is 5. The summed E-state index contributed by atoms with van der Waals surface area (Å²) in [7, 11) is 0. The SMILES string of the molecule is CCOc1cccc(C2(N3CCN(c4ncccn4)CC3)[C@@H]3CC(C)C[C@@H]32)c1. The largest absolute Gasteiger partial charge is 0.494 e. The fourth-order valence-electron chi connectivity index (χ4n) is 5.99. The summed E-state index contributed by atoms with van der Waals surface area (Å²) in [5.74, 6) is 4.31. The summed E-state index contributed by atoms with van der Waals surface area (Å²) in [4.78, 5) is 14.0. The van der Waals surface area contributed by atoms with Crippen LogP contribution in [0.2, 0.25) is 0 Å². The van der Waals surface area contributed by atoms with E-state index in [4.69, 9.17) is 4.74 Å². The van der Waals surface area contributed by atoms with E-state index in [0.717, 1.165) is 62.2 Å². The Labute approximate surface area is 167 Å². The molecule has 1 aliphatic heterocycles. The van der Waals surface area contributed by atoms with E-state index in [1.165, 1.54) is 18.4 Å². The lowest BCUT2D eigenvalue weighted by atomic mass is 9.89. The van der Waals surface area contributed by atoms with Gasteiger partial charge in [-0.1, -0.05) is 19.1 Å². The standard InChI is InChI=1S/C23H30N4O/c1-3-28-19-7-4-6-18(16-19)23(20-14-17(2)15-21(20)23)27-12-10-26(11-13-27)22-24-8-5-9-25-22/h4-9,16-17,20-21H,3,10-15H2,1-2H3/t17?,20-,21+,23?. The van der Waals surface area contributed by atoms with E-state index in [0.29, 0.717) is 0 Å². The van der Waals surface area contributed by atoms with Gasteiger partial charge in [-0.05, 0) is 61.3 Å². The molecule has 4 atom stereocenters. The molecule has 0 bridgehead atoms. The Balaban J connectivity index is 1.40. The van der Waals surface area contributed by atoms with Gasteiger partial charge in [-0.3, -0.25) is 4.90 Å². The second-order valence-electron chi connectivity index (χ2n) is 8.60. The molecule has 28 heavy (non-hydrogen) atoms. The van der Waals surface area contributed by atoms with Gasteiger partial charge in [0.2, 0.25) is 5.95 Å². The van der Waals surface area contributed by atoms with Gasteiger partial charge in [-0.2, -0.15) is 0 Å². The van der Waals surface area contributed by atoms with E-state index in [9.17, 15) is 0 Å². The molecule has 0 amide bonds. The third-order valence-electron chi connectivity index (χ3n) is 7.07. The van der Waals surface area contributed by atoms with Crippen LogP contribution in [-0.2, 0) is 5.54 Å². The Kier molecular flexibility index (Phi) is 4.50. The van der Waals surface area contributed by atoms with Crippen LogP contribution in [0.3, 0.4) is 0 Å². The van der Waals surface area contributed by atoms with E-state index in [1.807, 2.05) is 18.5 Å². The number of benzene rings is 1. The van der Waals surface area contributed by atoms with Crippen molar-refractivity contribution in [1.82, 2.24) is 14.9 Å². The van der Waals surface area contributed by atoms with Crippen LogP contribution in [0.5, 0.6) is 5.75 Å². The Hall–Kier alpha value is -2.14. The highest BCUT2D eigenvalue weighted by molar-refractivity contribution is 5.42. The average molecular weight is 379 g/mol. The van der Waals surface area contributed by atoms with E-state index < -0.39 is 0 Å². The molecule has 1 aromatic heterocycles. The molecule has 2 aromatic rings. The summed E-state index contributed by atoms with van der Waals surface area (Å²) >= 11 is 0. The highest BCUT2D eigenvalue weighted by Crippen LogP contribution is 2.70. The molecule has 148 valence electrons. The minimum Gasteiger partial charge on any atom is -0.494 e. The molecule has 0 spiro atoms. The van der Waals surface area contributed by atoms with Gasteiger partial charge in [0.15, 0.2) is 0 Å². The zero-order chi connectivity index (χ0) is 19.1. The Morgan fingerprint density at radius 3 is 2.43 bits per heavy atom. The quantitative estimate of drug-likeness (QED) is 0.796. The summed E-state index contributed by atoms with van der Waals surface area (Å²) in [5.41, 5.74) is 1.67. The van der Waals surface area contributed by atoms with Crippen molar-refractivity contribution in [2.75, 3.05) is 37.7 Å². The van der Waals surface area contributed by atoms with Gasteiger partial charge in [0.25, 0.3) is 0 Å². The van der Waals surface area contributed by atoms with Crippen LogP contribution >= 0.6 is 0 Å². The lowest BCUT2D eigenvalue weighted by Gasteiger charge is -2.42. The van der Waals surface area contributed by atoms with E-state index in [1.54, 1.807) is 0 Å². The summed E-state index contributed by atoms with van der Waals surface area (Å²) in [5, 5.41) is 0. The van der Waals surface area contributed by atoms with Crippen LogP contribution in [-0.4, -0.2) is 47.7 Å².